The molecule has 35 heavy (non-hydrogen) atoms. The van der Waals surface area contributed by atoms with E-state index in [9.17, 15) is 9.59 Å². The minimum Gasteiger partial charge on any atom is -0.378 e. The Morgan fingerprint density at radius 3 is 2.66 bits per heavy atom. The van der Waals surface area contributed by atoms with Crippen LogP contribution in [0.3, 0.4) is 0 Å². The number of aryl methyl sites for hydroxylation is 1. The van der Waals surface area contributed by atoms with Crippen LogP contribution in [0.1, 0.15) is 61.3 Å². The van der Waals surface area contributed by atoms with Crippen molar-refractivity contribution in [2.75, 3.05) is 25.5 Å². The average Bonchev–Trinajstić information content (AvgIpc) is 3.17. The fraction of sp³-hybridized carbons (Fsp3) is 0.464. The number of aromatic nitrogens is 2. The maximum absolute atomic E-state index is 13.7. The third-order valence-electron chi connectivity index (χ3n) is 6.65. The van der Waals surface area contributed by atoms with Gasteiger partial charge in [-0.3, -0.25) is 9.59 Å². The van der Waals surface area contributed by atoms with Gasteiger partial charge < -0.3 is 19.5 Å². The van der Waals surface area contributed by atoms with E-state index >= 15 is 0 Å². The molecule has 1 aliphatic heterocycles. The summed E-state index contributed by atoms with van der Waals surface area (Å²) < 4.78 is 7.95. The predicted molar refractivity (Wildman–Crippen MR) is 139 cm³/mol. The van der Waals surface area contributed by atoms with Gasteiger partial charge in [-0.05, 0) is 50.3 Å². The van der Waals surface area contributed by atoms with Gasteiger partial charge in [0.05, 0.1) is 22.7 Å². The van der Waals surface area contributed by atoms with Crippen LogP contribution in [0, 0.1) is 12.8 Å². The van der Waals surface area contributed by atoms with Crippen LogP contribution in [0.5, 0.6) is 0 Å². The maximum Gasteiger partial charge on any atom is 0.255 e. The standard InChI is InChI=1S/C28H36N4O3/c1-19(2)27(33)30-22-16-24(28(34)31(4)14-13-23-12-8-9-15-35-23)26-25(17-22)29-20(3)32(26)18-21-10-6-5-7-11-21/h5-7,10-11,16-17,19,23H,8-9,12-15,18H2,1-4H3,(H,30,33)/t23-/m0/s1. The Balaban J connectivity index is 1.69. The van der Waals surface area contributed by atoms with E-state index in [0.29, 0.717) is 29.9 Å². The summed E-state index contributed by atoms with van der Waals surface area (Å²) in [7, 11) is 1.83. The van der Waals surface area contributed by atoms with Crippen molar-refractivity contribution < 1.29 is 14.3 Å². The molecule has 7 heteroatoms. The molecule has 0 aliphatic carbocycles. The van der Waals surface area contributed by atoms with Crippen LogP contribution >= 0.6 is 0 Å². The molecule has 0 saturated carbocycles. The summed E-state index contributed by atoms with van der Waals surface area (Å²) >= 11 is 0. The van der Waals surface area contributed by atoms with E-state index in [1.54, 1.807) is 11.0 Å². The molecule has 0 unspecified atom stereocenters. The van der Waals surface area contributed by atoms with Crippen molar-refractivity contribution in [1.29, 1.82) is 0 Å². The number of fused-ring (bicyclic) bond motifs is 1. The van der Waals surface area contributed by atoms with E-state index in [2.05, 4.69) is 22.0 Å². The lowest BCUT2D eigenvalue weighted by molar-refractivity contribution is -0.118. The van der Waals surface area contributed by atoms with Gasteiger partial charge in [-0.2, -0.15) is 0 Å². The van der Waals surface area contributed by atoms with Crippen molar-refractivity contribution in [2.24, 2.45) is 5.92 Å². The van der Waals surface area contributed by atoms with Crippen molar-refractivity contribution >= 4 is 28.5 Å². The van der Waals surface area contributed by atoms with E-state index in [1.165, 1.54) is 6.42 Å². The summed E-state index contributed by atoms with van der Waals surface area (Å²) in [5.41, 5.74) is 3.76. The van der Waals surface area contributed by atoms with Crippen LogP contribution in [0.25, 0.3) is 11.0 Å². The first-order valence-electron chi connectivity index (χ1n) is 12.6. The number of nitrogens with zero attached hydrogens (tertiary/aromatic N) is 3. The molecular formula is C28H36N4O3. The second-order valence-corrected chi connectivity index (χ2v) is 9.77. The highest BCUT2D eigenvalue weighted by Gasteiger charge is 2.23. The Kier molecular flexibility index (Phi) is 7.86. The summed E-state index contributed by atoms with van der Waals surface area (Å²) in [6.07, 6.45) is 4.37. The molecule has 0 bridgehead atoms. The van der Waals surface area contributed by atoms with E-state index in [1.807, 2.05) is 52.1 Å². The molecule has 3 aromatic rings. The minimum absolute atomic E-state index is 0.0827. The van der Waals surface area contributed by atoms with Gasteiger partial charge in [0.15, 0.2) is 0 Å². The van der Waals surface area contributed by atoms with Crippen LogP contribution in [0.15, 0.2) is 42.5 Å². The lowest BCUT2D eigenvalue weighted by Crippen LogP contribution is -2.32. The van der Waals surface area contributed by atoms with Crippen molar-refractivity contribution in [1.82, 2.24) is 14.5 Å². The fourth-order valence-electron chi connectivity index (χ4n) is 4.55. The first-order valence-corrected chi connectivity index (χ1v) is 12.6. The molecule has 2 amide bonds. The molecule has 1 saturated heterocycles. The summed E-state index contributed by atoms with van der Waals surface area (Å²) in [6, 6.07) is 13.8. The first kappa shape index (κ1) is 24.9. The zero-order chi connectivity index (χ0) is 24.9. The lowest BCUT2D eigenvalue weighted by atomic mass is 10.1. The smallest absolute Gasteiger partial charge is 0.255 e. The molecule has 0 spiro atoms. The molecule has 1 N–H and O–H groups in total. The monoisotopic (exact) mass is 476 g/mol. The number of rotatable bonds is 8. The summed E-state index contributed by atoms with van der Waals surface area (Å²) in [6.45, 7) is 7.67. The summed E-state index contributed by atoms with van der Waals surface area (Å²) in [5.74, 6) is 0.482. The summed E-state index contributed by atoms with van der Waals surface area (Å²) in [4.78, 5) is 32.7. The van der Waals surface area contributed by atoms with E-state index in [0.717, 1.165) is 42.8 Å². The SMILES string of the molecule is Cc1nc2cc(NC(=O)C(C)C)cc(C(=O)N(C)CC[C@@H]3CCCCO3)c2n1Cc1ccccc1. The molecule has 0 radical (unpaired) electrons. The van der Waals surface area contributed by atoms with Gasteiger partial charge in [0.2, 0.25) is 5.91 Å². The van der Waals surface area contributed by atoms with E-state index in [-0.39, 0.29) is 23.8 Å². The predicted octanol–water partition coefficient (Wildman–Crippen LogP) is 5.02. The molecule has 2 heterocycles. The fourth-order valence-corrected chi connectivity index (χ4v) is 4.55. The molecule has 2 aromatic carbocycles. The van der Waals surface area contributed by atoms with Crippen molar-refractivity contribution in [3.8, 4) is 0 Å². The maximum atomic E-state index is 13.7. The number of nitrogens with one attached hydrogen (secondary N) is 1. The number of ether oxygens (including phenoxy) is 1. The highest BCUT2D eigenvalue weighted by atomic mass is 16.5. The number of hydrogen-bond donors (Lipinski definition) is 1. The van der Waals surface area contributed by atoms with Crippen molar-refractivity contribution in [2.45, 2.75) is 59.1 Å². The topological polar surface area (TPSA) is 76.5 Å². The van der Waals surface area contributed by atoms with Gasteiger partial charge in [-0.25, -0.2) is 4.98 Å². The van der Waals surface area contributed by atoms with Gasteiger partial charge in [0, 0.05) is 38.3 Å². The Hall–Kier alpha value is -3.19. The number of benzene rings is 2. The van der Waals surface area contributed by atoms with Crippen molar-refractivity contribution in [3.05, 3.63) is 59.4 Å². The second kappa shape index (κ2) is 11.0. The highest BCUT2D eigenvalue weighted by Crippen LogP contribution is 2.28. The highest BCUT2D eigenvalue weighted by molar-refractivity contribution is 6.07. The van der Waals surface area contributed by atoms with Crippen LogP contribution in [0.4, 0.5) is 5.69 Å². The number of anilines is 1. The van der Waals surface area contributed by atoms with Gasteiger partial charge in [-0.15, -0.1) is 0 Å². The molecular weight excluding hydrogens is 440 g/mol. The number of carbonyl (C=O) groups excluding carboxylic acids is 2. The molecule has 7 nitrogen and oxygen atoms in total. The van der Waals surface area contributed by atoms with Gasteiger partial charge in [0.1, 0.15) is 5.82 Å². The zero-order valence-electron chi connectivity index (χ0n) is 21.2. The Labute approximate surface area is 207 Å². The zero-order valence-corrected chi connectivity index (χ0v) is 21.2. The minimum atomic E-state index is -0.166. The Morgan fingerprint density at radius 1 is 1.20 bits per heavy atom. The van der Waals surface area contributed by atoms with Crippen LogP contribution in [0.2, 0.25) is 0 Å². The van der Waals surface area contributed by atoms with Crippen LogP contribution < -0.4 is 5.32 Å². The van der Waals surface area contributed by atoms with Gasteiger partial charge >= 0.3 is 0 Å². The normalized spacial score (nSPS) is 16.0. The number of carbonyl (C=O) groups is 2. The van der Waals surface area contributed by atoms with Crippen molar-refractivity contribution in [3.63, 3.8) is 0 Å². The van der Waals surface area contributed by atoms with Gasteiger partial charge in [0.25, 0.3) is 5.91 Å². The third-order valence-corrected chi connectivity index (χ3v) is 6.65. The first-order chi connectivity index (χ1) is 16.8. The molecule has 186 valence electrons. The quantitative estimate of drug-likeness (QED) is 0.495. The summed E-state index contributed by atoms with van der Waals surface area (Å²) in [5, 5.41) is 2.95. The largest absolute Gasteiger partial charge is 0.378 e. The van der Waals surface area contributed by atoms with Crippen LogP contribution in [-0.4, -0.2) is 52.6 Å². The molecule has 1 aromatic heterocycles. The number of hydrogen-bond acceptors (Lipinski definition) is 4. The Bertz CT molecular complexity index is 1180. The second-order valence-electron chi connectivity index (χ2n) is 9.77. The number of imidazole rings is 1. The number of amides is 2. The third kappa shape index (κ3) is 5.90. The Morgan fingerprint density at radius 2 is 1.97 bits per heavy atom. The van der Waals surface area contributed by atoms with E-state index < -0.39 is 0 Å². The van der Waals surface area contributed by atoms with E-state index in [4.69, 9.17) is 9.72 Å². The lowest BCUT2D eigenvalue weighted by Gasteiger charge is -2.25. The molecule has 1 atom stereocenters. The molecule has 1 aliphatic rings. The molecule has 1 fully saturated rings. The molecule has 4 rings (SSSR count). The van der Waals surface area contributed by atoms with Gasteiger partial charge in [-0.1, -0.05) is 44.2 Å². The average molecular weight is 477 g/mol. The van der Waals surface area contributed by atoms with Crippen LogP contribution in [-0.2, 0) is 16.1 Å².